The summed E-state index contributed by atoms with van der Waals surface area (Å²) in [5.74, 6) is -0.0535. The van der Waals surface area contributed by atoms with Crippen LogP contribution in [0.3, 0.4) is 0 Å². The molecule has 1 aromatic rings. The van der Waals surface area contributed by atoms with Gasteiger partial charge in [-0.2, -0.15) is 0 Å². The van der Waals surface area contributed by atoms with E-state index in [1.807, 2.05) is 0 Å². The number of benzene rings is 1. The number of rotatable bonds is 3. The van der Waals surface area contributed by atoms with Crippen molar-refractivity contribution in [3.8, 4) is 5.75 Å². The first-order valence-corrected chi connectivity index (χ1v) is 7.14. The van der Waals surface area contributed by atoms with Gasteiger partial charge in [-0.1, -0.05) is 6.07 Å². The predicted octanol–water partition coefficient (Wildman–Crippen LogP) is 0.706. The zero-order valence-corrected chi connectivity index (χ0v) is 12.3. The van der Waals surface area contributed by atoms with Crippen molar-refractivity contribution in [3.05, 3.63) is 29.3 Å². The number of carbonyl (C=O) groups excluding carboxylic acids is 2. The lowest BCUT2D eigenvalue weighted by atomic mass is 10.1. The molecule has 1 aliphatic heterocycles. The van der Waals surface area contributed by atoms with Crippen molar-refractivity contribution >= 4 is 11.8 Å². The highest BCUT2D eigenvalue weighted by Crippen LogP contribution is 2.41. The van der Waals surface area contributed by atoms with Crippen LogP contribution in [0.2, 0.25) is 0 Å². The maximum Gasteiger partial charge on any atom is 0.274 e. The first-order chi connectivity index (χ1) is 10.6. The third kappa shape index (κ3) is 2.53. The summed E-state index contributed by atoms with van der Waals surface area (Å²) in [6, 6.07) is 4.89. The smallest absolute Gasteiger partial charge is 0.274 e. The Labute approximate surface area is 127 Å². The highest BCUT2D eigenvalue weighted by atomic mass is 16.5. The molecular weight excluding hydrogens is 288 g/mol. The maximum atomic E-state index is 12.5. The average molecular weight is 306 g/mol. The predicted molar refractivity (Wildman–Crippen MR) is 75.6 cm³/mol. The standard InChI is InChI=1S/C15H18N2O5/c1-21-15(4-5-15)14(19)17-6-7-22-12-8-10(13(18)16-20)2-3-11(12)9-17/h2-3,8,20H,4-7,9H2,1H3,(H,16,18). The fourth-order valence-electron chi connectivity index (χ4n) is 2.66. The highest BCUT2D eigenvalue weighted by Gasteiger charge is 2.52. The van der Waals surface area contributed by atoms with Crippen LogP contribution in [0.4, 0.5) is 0 Å². The van der Waals surface area contributed by atoms with Gasteiger partial charge in [0.05, 0.1) is 6.54 Å². The topological polar surface area (TPSA) is 88.1 Å². The summed E-state index contributed by atoms with van der Waals surface area (Å²) in [6.45, 7) is 1.24. The Morgan fingerprint density at radius 3 is 2.82 bits per heavy atom. The van der Waals surface area contributed by atoms with E-state index in [0.717, 1.165) is 18.4 Å². The number of fused-ring (bicyclic) bond motifs is 1. The molecule has 1 heterocycles. The first kappa shape index (κ1) is 14.8. The van der Waals surface area contributed by atoms with Crippen LogP contribution < -0.4 is 10.2 Å². The molecule has 7 heteroatoms. The Hall–Kier alpha value is -2.12. The molecule has 0 bridgehead atoms. The van der Waals surface area contributed by atoms with Crippen LogP contribution in [0, 0.1) is 0 Å². The van der Waals surface area contributed by atoms with E-state index in [0.29, 0.717) is 31.0 Å². The number of carbonyl (C=O) groups is 2. The molecule has 0 radical (unpaired) electrons. The summed E-state index contributed by atoms with van der Waals surface area (Å²) in [5, 5.41) is 8.68. The van der Waals surface area contributed by atoms with Gasteiger partial charge in [-0.25, -0.2) is 5.48 Å². The lowest BCUT2D eigenvalue weighted by Gasteiger charge is -2.24. The molecule has 118 valence electrons. The molecule has 0 saturated heterocycles. The van der Waals surface area contributed by atoms with Gasteiger partial charge in [0.25, 0.3) is 11.8 Å². The minimum absolute atomic E-state index is 0.0105. The lowest BCUT2D eigenvalue weighted by Crippen LogP contribution is -2.42. The molecule has 0 atom stereocenters. The molecule has 7 nitrogen and oxygen atoms in total. The van der Waals surface area contributed by atoms with Gasteiger partial charge < -0.3 is 14.4 Å². The van der Waals surface area contributed by atoms with E-state index in [1.165, 1.54) is 0 Å². The molecule has 1 saturated carbocycles. The molecule has 2 N–H and O–H groups in total. The van der Waals surface area contributed by atoms with Crippen molar-refractivity contribution in [2.75, 3.05) is 20.3 Å². The fraction of sp³-hybridized carbons (Fsp3) is 0.467. The maximum absolute atomic E-state index is 12.5. The molecule has 2 aliphatic rings. The van der Waals surface area contributed by atoms with Crippen molar-refractivity contribution in [1.82, 2.24) is 10.4 Å². The zero-order valence-electron chi connectivity index (χ0n) is 12.3. The second kappa shape index (κ2) is 5.58. The number of ether oxygens (including phenoxy) is 2. The first-order valence-electron chi connectivity index (χ1n) is 7.14. The fourth-order valence-corrected chi connectivity index (χ4v) is 2.66. The number of amides is 2. The van der Waals surface area contributed by atoms with Crippen LogP contribution in [-0.4, -0.2) is 47.8 Å². The third-order valence-electron chi connectivity index (χ3n) is 4.18. The molecule has 0 aromatic heterocycles. The number of nitrogens with one attached hydrogen (secondary N) is 1. The van der Waals surface area contributed by atoms with E-state index >= 15 is 0 Å². The van der Waals surface area contributed by atoms with Crippen molar-refractivity contribution in [1.29, 1.82) is 0 Å². The highest BCUT2D eigenvalue weighted by molar-refractivity contribution is 5.94. The number of hydrogen-bond acceptors (Lipinski definition) is 5. The van der Waals surface area contributed by atoms with Gasteiger partial charge in [0.2, 0.25) is 0 Å². The largest absolute Gasteiger partial charge is 0.491 e. The van der Waals surface area contributed by atoms with E-state index in [-0.39, 0.29) is 5.91 Å². The lowest BCUT2D eigenvalue weighted by molar-refractivity contribution is -0.145. The summed E-state index contributed by atoms with van der Waals surface area (Å²) < 4.78 is 11.0. The average Bonchev–Trinajstić information content (AvgIpc) is 3.36. The van der Waals surface area contributed by atoms with Gasteiger partial charge >= 0.3 is 0 Å². The van der Waals surface area contributed by atoms with E-state index in [1.54, 1.807) is 35.7 Å². The molecule has 2 amide bonds. The van der Waals surface area contributed by atoms with Crippen LogP contribution in [0.25, 0.3) is 0 Å². The van der Waals surface area contributed by atoms with Gasteiger partial charge in [0.15, 0.2) is 0 Å². The second-order valence-corrected chi connectivity index (χ2v) is 5.54. The summed E-state index contributed by atoms with van der Waals surface area (Å²) in [4.78, 5) is 25.7. The van der Waals surface area contributed by atoms with Gasteiger partial charge in [-0.15, -0.1) is 0 Å². The normalized spacial score (nSPS) is 18.7. The number of hydrogen-bond donors (Lipinski definition) is 2. The number of nitrogens with zero attached hydrogens (tertiary/aromatic N) is 1. The Balaban J connectivity index is 1.81. The van der Waals surface area contributed by atoms with Gasteiger partial charge in [-0.3, -0.25) is 14.8 Å². The molecule has 0 spiro atoms. The van der Waals surface area contributed by atoms with Crippen LogP contribution in [0.1, 0.15) is 28.8 Å². The SMILES string of the molecule is COC1(C(=O)N2CCOc3cc(C(=O)NO)ccc3C2)CC1. The quantitative estimate of drug-likeness (QED) is 0.634. The van der Waals surface area contributed by atoms with Crippen molar-refractivity contribution < 1.29 is 24.3 Å². The third-order valence-corrected chi connectivity index (χ3v) is 4.18. The molecular formula is C15H18N2O5. The van der Waals surface area contributed by atoms with Crippen molar-refractivity contribution in [3.63, 3.8) is 0 Å². The Kier molecular flexibility index (Phi) is 3.76. The van der Waals surface area contributed by atoms with Gasteiger partial charge in [0, 0.05) is 24.8 Å². The van der Waals surface area contributed by atoms with E-state index in [4.69, 9.17) is 14.7 Å². The van der Waals surface area contributed by atoms with Crippen LogP contribution in [-0.2, 0) is 16.1 Å². The summed E-state index contributed by atoms with van der Waals surface area (Å²) in [6.07, 6.45) is 1.50. The van der Waals surface area contributed by atoms with Gasteiger partial charge in [0.1, 0.15) is 18.0 Å². The summed E-state index contributed by atoms with van der Waals surface area (Å²) in [5.41, 5.74) is 2.07. The van der Waals surface area contributed by atoms with Crippen molar-refractivity contribution in [2.24, 2.45) is 0 Å². The van der Waals surface area contributed by atoms with Gasteiger partial charge in [-0.05, 0) is 25.0 Å². The molecule has 0 unspecified atom stereocenters. The minimum Gasteiger partial charge on any atom is -0.491 e. The molecule has 1 aliphatic carbocycles. The number of hydroxylamine groups is 1. The zero-order chi connectivity index (χ0) is 15.7. The number of methoxy groups -OCH3 is 1. The Morgan fingerprint density at radius 1 is 1.41 bits per heavy atom. The monoisotopic (exact) mass is 306 g/mol. The van der Waals surface area contributed by atoms with Crippen LogP contribution in [0.5, 0.6) is 5.75 Å². The summed E-state index contributed by atoms with van der Waals surface area (Å²) >= 11 is 0. The molecule has 1 fully saturated rings. The second-order valence-electron chi connectivity index (χ2n) is 5.54. The molecule has 22 heavy (non-hydrogen) atoms. The molecule has 1 aromatic carbocycles. The van der Waals surface area contributed by atoms with Crippen molar-refractivity contribution in [2.45, 2.75) is 25.0 Å². The minimum atomic E-state index is -0.652. The van der Waals surface area contributed by atoms with Crippen LogP contribution in [0.15, 0.2) is 18.2 Å². The summed E-state index contributed by atoms with van der Waals surface area (Å²) in [7, 11) is 1.56. The Bertz CT molecular complexity index is 612. The van der Waals surface area contributed by atoms with E-state index in [2.05, 4.69) is 0 Å². The van der Waals surface area contributed by atoms with E-state index in [9.17, 15) is 9.59 Å². The van der Waals surface area contributed by atoms with Crippen LogP contribution >= 0.6 is 0 Å². The molecule has 3 rings (SSSR count). The van der Waals surface area contributed by atoms with E-state index < -0.39 is 11.5 Å². The Morgan fingerprint density at radius 2 is 2.18 bits per heavy atom.